The SMILES string of the molecule is CCC(C)c1ccccc1OCC(=O)Nc1cc(F)ccc1F. The number of hydrogen-bond donors (Lipinski definition) is 1. The molecule has 0 radical (unpaired) electrons. The highest BCUT2D eigenvalue weighted by atomic mass is 19.1. The largest absolute Gasteiger partial charge is 0.483 e. The molecule has 0 bridgehead atoms. The van der Waals surface area contributed by atoms with Crippen molar-refractivity contribution in [3.8, 4) is 5.75 Å². The van der Waals surface area contributed by atoms with Crippen LogP contribution >= 0.6 is 0 Å². The Morgan fingerprint density at radius 3 is 2.70 bits per heavy atom. The van der Waals surface area contributed by atoms with Crippen molar-refractivity contribution >= 4 is 11.6 Å². The molecular weight excluding hydrogens is 300 g/mol. The molecule has 0 aliphatic heterocycles. The third-order valence-electron chi connectivity index (χ3n) is 3.62. The fourth-order valence-electron chi connectivity index (χ4n) is 2.16. The first kappa shape index (κ1) is 16.9. The van der Waals surface area contributed by atoms with Gasteiger partial charge in [-0.2, -0.15) is 0 Å². The molecule has 122 valence electrons. The second-order valence-electron chi connectivity index (χ2n) is 5.31. The van der Waals surface area contributed by atoms with Gasteiger partial charge in [0.2, 0.25) is 0 Å². The highest BCUT2D eigenvalue weighted by Gasteiger charge is 2.12. The van der Waals surface area contributed by atoms with Gasteiger partial charge in [0.15, 0.2) is 6.61 Å². The highest BCUT2D eigenvalue weighted by molar-refractivity contribution is 5.92. The fraction of sp³-hybridized carbons (Fsp3) is 0.278. The lowest BCUT2D eigenvalue weighted by Gasteiger charge is -2.15. The molecule has 0 spiro atoms. The summed E-state index contributed by atoms with van der Waals surface area (Å²) in [5, 5.41) is 2.31. The first-order valence-electron chi connectivity index (χ1n) is 7.48. The van der Waals surface area contributed by atoms with Crippen LogP contribution in [0.15, 0.2) is 42.5 Å². The number of halogens is 2. The van der Waals surface area contributed by atoms with Crippen LogP contribution in [0, 0.1) is 11.6 Å². The van der Waals surface area contributed by atoms with Gasteiger partial charge in [0.25, 0.3) is 5.91 Å². The normalized spacial score (nSPS) is 11.8. The average Bonchev–Trinajstić information content (AvgIpc) is 2.56. The van der Waals surface area contributed by atoms with Gasteiger partial charge in [0, 0.05) is 6.07 Å². The maximum atomic E-state index is 13.5. The summed E-state index contributed by atoms with van der Waals surface area (Å²) >= 11 is 0. The molecule has 3 nitrogen and oxygen atoms in total. The minimum absolute atomic E-state index is 0.200. The van der Waals surface area contributed by atoms with Crippen molar-refractivity contribution in [2.45, 2.75) is 26.2 Å². The van der Waals surface area contributed by atoms with E-state index in [1.807, 2.05) is 18.2 Å². The summed E-state index contributed by atoms with van der Waals surface area (Å²) in [5.74, 6) is -0.940. The standard InChI is InChI=1S/C18H19F2NO2/c1-3-12(2)14-6-4-5-7-17(14)23-11-18(22)21-16-10-13(19)8-9-15(16)20/h4-10,12H,3,11H2,1-2H3,(H,21,22). The van der Waals surface area contributed by atoms with Crippen molar-refractivity contribution in [2.75, 3.05) is 11.9 Å². The molecule has 0 saturated carbocycles. The highest BCUT2D eigenvalue weighted by Crippen LogP contribution is 2.28. The number of ether oxygens (including phenoxy) is 1. The second kappa shape index (κ2) is 7.72. The van der Waals surface area contributed by atoms with Gasteiger partial charge in [-0.15, -0.1) is 0 Å². The van der Waals surface area contributed by atoms with Crippen LogP contribution in [0.5, 0.6) is 5.75 Å². The Hall–Kier alpha value is -2.43. The molecule has 23 heavy (non-hydrogen) atoms. The topological polar surface area (TPSA) is 38.3 Å². The lowest BCUT2D eigenvalue weighted by Crippen LogP contribution is -2.21. The molecule has 0 aromatic heterocycles. The zero-order chi connectivity index (χ0) is 16.8. The summed E-state index contributed by atoms with van der Waals surface area (Å²) in [6.07, 6.45) is 0.946. The number of hydrogen-bond acceptors (Lipinski definition) is 2. The Kier molecular flexibility index (Phi) is 5.68. The van der Waals surface area contributed by atoms with Gasteiger partial charge in [-0.05, 0) is 36.1 Å². The van der Waals surface area contributed by atoms with Crippen LogP contribution in [-0.2, 0) is 4.79 Å². The predicted octanol–water partition coefficient (Wildman–Crippen LogP) is 4.50. The Morgan fingerprint density at radius 1 is 1.22 bits per heavy atom. The maximum Gasteiger partial charge on any atom is 0.262 e. The summed E-state index contributed by atoms with van der Waals surface area (Å²) in [5.41, 5.74) is 0.813. The fourth-order valence-corrected chi connectivity index (χ4v) is 2.16. The van der Waals surface area contributed by atoms with Gasteiger partial charge in [-0.3, -0.25) is 4.79 Å². The van der Waals surface area contributed by atoms with Crippen LogP contribution in [0.25, 0.3) is 0 Å². The number of para-hydroxylation sites is 1. The summed E-state index contributed by atoms with van der Waals surface area (Å²) in [6, 6.07) is 10.4. The summed E-state index contributed by atoms with van der Waals surface area (Å²) < 4.78 is 32.1. The van der Waals surface area contributed by atoms with E-state index >= 15 is 0 Å². The van der Waals surface area contributed by atoms with Gasteiger partial charge in [-0.1, -0.05) is 32.0 Å². The molecule has 0 aliphatic rings. The van der Waals surface area contributed by atoms with Gasteiger partial charge >= 0.3 is 0 Å². The molecule has 0 fully saturated rings. The third kappa shape index (κ3) is 4.52. The number of carbonyl (C=O) groups excluding carboxylic acids is 1. The second-order valence-corrected chi connectivity index (χ2v) is 5.31. The Morgan fingerprint density at radius 2 is 1.96 bits per heavy atom. The number of nitrogens with one attached hydrogen (secondary N) is 1. The van der Waals surface area contributed by atoms with Crippen molar-refractivity contribution in [3.05, 3.63) is 59.7 Å². The summed E-state index contributed by atoms with van der Waals surface area (Å²) in [4.78, 5) is 11.9. The van der Waals surface area contributed by atoms with Crippen LogP contribution in [0.4, 0.5) is 14.5 Å². The molecule has 1 N–H and O–H groups in total. The van der Waals surface area contributed by atoms with Crippen molar-refractivity contribution < 1.29 is 18.3 Å². The summed E-state index contributed by atoms with van der Waals surface area (Å²) in [6.45, 7) is 3.87. The Balaban J connectivity index is 2.01. The molecule has 5 heteroatoms. The van der Waals surface area contributed by atoms with Gasteiger partial charge in [0.05, 0.1) is 5.69 Å². The molecule has 1 unspecified atom stereocenters. The molecule has 1 atom stereocenters. The monoisotopic (exact) mass is 319 g/mol. The maximum absolute atomic E-state index is 13.5. The Labute approximate surface area is 134 Å². The van der Waals surface area contributed by atoms with E-state index in [4.69, 9.17) is 4.74 Å². The zero-order valence-corrected chi connectivity index (χ0v) is 13.1. The average molecular weight is 319 g/mol. The number of benzene rings is 2. The first-order valence-corrected chi connectivity index (χ1v) is 7.48. The predicted molar refractivity (Wildman–Crippen MR) is 85.6 cm³/mol. The number of rotatable bonds is 6. The first-order chi connectivity index (χ1) is 11.0. The lowest BCUT2D eigenvalue weighted by atomic mass is 9.98. The van der Waals surface area contributed by atoms with Gasteiger partial charge < -0.3 is 10.1 Å². The van der Waals surface area contributed by atoms with Crippen LogP contribution in [-0.4, -0.2) is 12.5 Å². The molecule has 2 rings (SSSR count). The molecule has 0 aliphatic carbocycles. The molecular formula is C18H19F2NO2. The quantitative estimate of drug-likeness (QED) is 0.851. The van der Waals surface area contributed by atoms with Crippen LogP contribution in [0.3, 0.4) is 0 Å². The van der Waals surface area contributed by atoms with Crippen molar-refractivity contribution in [1.82, 2.24) is 0 Å². The Bertz CT molecular complexity index is 688. The van der Waals surface area contributed by atoms with Crippen LogP contribution in [0.1, 0.15) is 31.7 Å². The van der Waals surface area contributed by atoms with E-state index in [-0.39, 0.29) is 12.3 Å². The van der Waals surface area contributed by atoms with Crippen molar-refractivity contribution in [2.24, 2.45) is 0 Å². The van der Waals surface area contributed by atoms with Crippen molar-refractivity contribution in [1.29, 1.82) is 0 Å². The molecule has 2 aromatic carbocycles. The number of anilines is 1. The van der Waals surface area contributed by atoms with E-state index in [1.165, 1.54) is 0 Å². The lowest BCUT2D eigenvalue weighted by molar-refractivity contribution is -0.118. The zero-order valence-electron chi connectivity index (χ0n) is 13.1. The molecule has 0 saturated heterocycles. The van der Waals surface area contributed by atoms with Gasteiger partial charge in [-0.25, -0.2) is 8.78 Å². The van der Waals surface area contributed by atoms with E-state index in [0.29, 0.717) is 11.7 Å². The van der Waals surface area contributed by atoms with E-state index in [2.05, 4.69) is 19.2 Å². The van der Waals surface area contributed by atoms with E-state index in [9.17, 15) is 13.6 Å². The van der Waals surface area contributed by atoms with Crippen molar-refractivity contribution in [3.63, 3.8) is 0 Å². The smallest absolute Gasteiger partial charge is 0.262 e. The minimum Gasteiger partial charge on any atom is -0.483 e. The molecule has 0 heterocycles. The number of amides is 1. The minimum atomic E-state index is -0.695. The van der Waals surface area contributed by atoms with E-state index in [0.717, 1.165) is 30.2 Å². The van der Waals surface area contributed by atoms with E-state index < -0.39 is 17.5 Å². The van der Waals surface area contributed by atoms with E-state index in [1.54, 1.807) is 6.07 Å². The third-order valence-corrected chi connectivity index (χ3v) is 3.62. The number of carbonyl (C=O) groups is 1. The molecule has 2 aromatic rings. The van der Waals surface area contributed by atoms with Gasteiger partial charge in [0.1, 0.15) is 17.4 Å². The molecule has 1 amide bonds. The summed E-state index contributed by atoms with van der Waals surface area (Å²) in [7, 11) is 0. The van der Waals surface area contributed by atoms with Crippen LogP contribution < -0.4 is 10.1 Å². The van der Waals surface area contributed by atoms with Crippen LogP contribution in [0.2, 0.25) is 0 Å².